The van der Waals surface area contributed by atoms with Gasteiger partial charge in [-0.25, -0.2) is 0 Å². The molecule has 86 valence electrons. The molecule has 0 aromatic carbocycles. The molecule has 2 unspecified atom stereocenters. The van der Waals surface area contributed by atoms with Gasteiger partial charge < -0.3 is 5.32 Å². The predicted molar refractivity (Wildman–Crippen MR) is 71.2 cm³/mol. The van der Waals surface area contributed by atoms with E-state index >= 15 is 0 Å². The van der Waals surface area contributed by atoms with Crippen LogP contribution in [0.5, 0.6) is 0 Å². The first-order valence-electron chi connectivity index (χ1n) is 5.57. The number of hydrogen-bond acceptors (Lipinski definition) is 4. The van der Waals surface area contributed by atoms with E-state index in [-0.39, 0.29) is 0 Å². The first-order chi connectivity index (χ1) is 7.65. The average Bonchev–Trinajstić information content (AvgIpc) is 2.20. The molecule has 2 heterocycles. The second kappa shape index (κ2) is 4.87. The highest BCUT2D eigenvalue weighted by Gasteiger charge is 2.18. The number of rotatable bonds is 1. The van der Waals surface area contributed by atoms with E-state index in [9.17, 15) is 0 Å². The molecule has 1 aliphatic rings. The normalized spacial score (nSPS) is 25.1. The number of amidine groups is 1. The Hall–Kier alpha value is -1.03. The number of anilines is 1. The predicted octanol–water partition coefficient (Wildman–Crippen LogP) is 3.07. The second-order valence-electron chi connectivity index (χ2n) is 4.26. The minimum absolute atomic E-state index is 0.413. The Kier molecular flexibility index (Phi) is 3.49. The number of aliphatic imine (C=N–C) groups is 1. The van der Waals surface area contributed by atoms with E-state index in [0.29, 0.717) is 11.3 Å². The number of thioether (sulfide) groups is 1. The maximum atomic E-state index is 4.61. The smallest absolute Gasteiger partial charge is 0.161 e. The SMILES string of the molecule is Cc1ccncc1NC1=NC(C)CC(C)S1. The summed E-state index contributed by atoms with van der Waals surface area (Å²) in [6.45, 7) is 6.48. The summed E-state index contributed by atoms with van der Waals surface area (Å²) in [5.41, 5.74) is 2.25. The van der Waals surface area contributed by atoms with E-state index in [4.69, 9.17) is 0 Å². The van der Waals surface area contributed by atoms with Gasteiger partial charge in [-0.3, -0.25) is 9.98 Å². The van der Waals surface area contributed by atoms with Gasteiger partial charge in [-0.05, 0) is 31.9 Å². The van der Waals surface area contributed by atoms with Crippen LogP contribution in [0.25, 0.3) is 0 Å². The Balaban J connectivity index is 2.13. The lowest BCUT2D eigenvalue weighted by Crippen LogP contribution is -2.23. The van der Waals surface area contributed by atoms with E-state index in [1.165, 1.54) is 5.56 Å². The summed E-state index contributed by atoms with van der Waals surface area (Å²) < 4.78 is 0. The van der Waals surface area contributed by atoms with Crippen LogP contribution in [0.3, 0.4) is 0 Å². The molecule has 0 aliphatic carbocycles. The number of nitrogens with one attached hydrogen (secondary N) is 1. The molecule has 4 heteroatoms. The highest BCUT2D eigenvalue weighted by Crippen LogP contribution is 2.26. The Labute approximate surface area is 101 Å². The van der Waals surface area contributed by atoms with Crippen LogP contribution in [-0.2, 0) is 0 Å². The van der Waals surface area contributed by atoms with Gasteiger partial charge in [0, 0.05) is 11.4 Å². The summed E-state index contributed by atoms with van der Waals surface area (Å²) in [5, 5.41) is 5.01. The molecule has 0 radical (unpaired) electrons. The van der Waals surface area contributed by atoms with Gasteiger partial charge >= 0.3 is 0 Å². The molecule has 3 nitrogen and oxygen atoms in total. The lowest BCUT2D eigenvalue weighted by molar-refractivity contribution is 0.661. The van der Waals surface area contributed by atoms with Crippen molar-refractivity contribution in [3.05, 3.63) is 24.0 Å². The first-order valence-corrected chi connectivity index (χ1v) is 6.45. The van der Waals surface area contributed by atoms with Gasteiger partial charge in [-0.1, -0.05) is 18.7 Å². The van der Waals surface area contributed by atoms with Crippen LogP contribution in [0.2, 0.25) is 0 Å². The van der Waals surface area contributed by atoms with Crippen molar-refractivity contribution in [1.29, 1.82) is 0 Å². The number of pyridine rings is 1. The third kappa shape index (κ3) is 2.76. The topological polar surface area (TPSA) is 37.3 Å². The molecular weight excluding hydrogens is 218 g/mol. The van der Waals surface area contributed by atoms with Crippen molar-refractivity contribution >= 4 is 22.6 Å². The summed E-state index contributed by atoms with van der Waals surface area (Å²) >= 11 is 1.80. The van der Waals surface area contributed by atoms with Crippen molar-refractivity contribution < 1.29 is 0 Å². The summed E-state index contributed by atoms with van der Waals surface area (Å²) in [7, 11) is 0. The molecule has 0 bridgehead atoms. The minimum Gasteiger partial charge on any atom is -0.333 e. The largest absolute Gasteiger partial charge is 0.333 e. The highest BCUT2D eigenvalue weighted by atomic mass is 32.2. The standard InChI is InChI=1S/C12H17N3S/c1-8-4-5-13-7-11(8)15-12-14-9(2)6-10(3)16-12/h4-5,7,9-10H,6H2,1-3H3,(H,14,15). The molecule has 0 saturated heterocycles. The highest BCUT2D eigenvalue weighted by molar-refractivity contribution is 8.14. The van der Waals surface area contributed by atoms with Crippen molar-refractivity contribution in [3.63, 3.8) is 0 Å². The molecule has 1 aliphatic heterocycles. The maximum absolute atomic E-state index is 4.61. The fourth-order valence-corrected chi connectivity index (χ4v) is 2.94. The van der Waals surface area contributed by atoms with Gasteiger partial charge in [-0.2, -0.15) is 0 Å². The zero-order valence-electron chi connectivity index (χ0n) is 9.90. The number of nitrogens with zero attached hydrogens (tertiary/aromatic N) is 2. The van der Waals surface area contributed by atoms with Crippen LogP contribution in [0, 0.1) is 6.92 Å². The van der Waals surface area contributed by atoms with E-state index in [1.54, 1.807) is 11.8 Å². The van der Waals surface area contributed by atoms with Crippen LogP contribution in [0.1, 0.15) is 25.8 Å². The van der Waals surface area contributed by atoms with Crippen molar-refractivity contribution in [2.24, 2.45) is 4.99 Å². The van der Waals surface area contributed by atoms with Crippen LogP contribution in [-0.4, -0.2) is 21.4 Å². The lowest BCUT2D eigenvalue weighted by Gasteiger charge is -2.23. The third-order valence-corrected chi connectivity index (χ3v) is 3.63. The zero-order chi connectivity index (χ0) is 11.5. The van der Waals surface area contributed by atoms with E-state index in [1.807, 2.05) is 18.5 Å². The van der Waals surface area contributed by atoms with Crippen molar-refractivity contribution in [2.45, 2.75) is 38.5 Å². The van der Waals surface area contributed by atoms with E-state index in [0.717, 1.165) is 17.3 Å². The number of hydrogen-bond donors (Lipinski definition) is 1. The summed E-state index contributed by atoms with van der Waals surface area (Å²) in [4.78, 5) is 8.73. The van der Waals surface area contributed by atoms with Gasteiger partial charge in [-0.15, -0.1) is 0 Å². The fourth-order valence-electron chi connectivity index (χ4n) is 1.77. The molecular formula is C12H17N3S. The van der Waals surface area contributed by atoms with Crippen molar-refractivity contribution in [3.8, 4) is 0 Å². The molecule has 2 atom stereocenters. The van der Waals surface area contributed by atoms with Gasteiger partial charge in [0.15, 0.2) is 5.17 Å². The zero-order valence-corrected chi connectivity index (χ0v) is 10.7. The number of aryl methyl sites for hydroxylation is 1. The van der Waals surface area contributed by atoms with Crippen LogP contribution in [0.15, 0.2) is 23.5 Å². The molecule has 1 aromatic heterocycles. The van der Waals surface area contributed by atoms with Crippen LogP contribution >= 0.6 is 11.8 Å². The van der Waals surface area contributed by atoms with Gasteiger partial charge in [0.1, 0.15) is 0 Å². The lowest BCUT2D eigenvalue weighted by atomic mass is 10.2. The average molecular weight is 235 g/mol. The Morgan fingerprint density at radius 3 is 2.94 bits per heavy atom. The molecule has 2 rings (SSSR count). The van der Waals surface area contributed by atoms with Crippen LogP contribution in [0.4, 0.5) is 5.69 Å². The first kappa shape index (κ1) is 11.5. The van der Waals surface area contributed by atoms with Crippen molar-refractivity contribution in [1.82, 2.24) is 4.98 Å². The summed E-state index contributed by atoms with van der Waals surface area (Å²) in [5.74, 6) is 0. The Bertz CT molecular complexity index is 403. The second-order valence-corrected chi connectivity index (χ2v) is 5.69. The van der Waals surface area contributed by atoms with Gasteiger partial charge in [0.25, 0.3) is 0 Å². The molecule has 0 spiro atoms. The van der Waals surface area contributed by atoms with E-state index in [2.05, 4.69) is 36.1 Å². The van der Waals surface area contributed by atoms with Crippen LogP contribution < -0.4 is 5.32 Å². The fraction of sp³-hybridized carbons (Fsp3) is 0.500. The van der Waals surface area contributed by atoms with Gasteiger partial charge in [0.05, 0.1) is 17.9 Å². The maximum Gasteiger partial charge on any atom is 0.161 e. The molecule has 0 fully saturated rings. The summed E-state index contributed by atoms with van der Waals surface area (Å²) in [6.07, 6.45) is 4.81. The summed E-state index contributed by atoms with van der Waals surface area (Å²) in [6, 6.07) is 2.42. The molecule has 0 amide bonds. The molecule has 16 heavy (non-hydrogen) atoms. The number of aromatic nitrogens is 1. The Morgan fingerprint density at radius 1 is 1.44 bits per heavy atom. The molecule has 1 aromatic rings. The molecule has 0 saturated carbocycles. The van der Waals surface area contributed by atoms with Crippen molar-refractivity contribution in [2.75, 3.05) is 5.32 Å². The van der Waals surface area contributed by atoms with E-state index < -0.39 is 0 Å². The van der Waals surface area contributed by atoms with Gasteiger partial charge in [0.2, 0.25) is 0 Å². The quantitative estimate of drug-likeness (QED) is 0.813. The monoisotopic (exact) mass is 235 g/mol. The Morgan fingerprint density at radius 2 is 2.25 bits per heavy atom. The third-order valence-electron chi connectivity index (χ3n) is 2.60. The minimum atomic E-state index is 0.413. The molecule has 1 N–H and O–H groups in total.